The Kier molecular flexibility index (Phi) is 3.41. The summed E-state index contributed by atoms with van der Waals surface area (Å²) in [7, 11) is 0. The van der Waals surface area contributed by atoms with E-state index in [4.69, 9.17) is 0 Å². The monoisotopic (exact) mass is 259 g/mol. The van der Waals surface area contributed by atoms with Crippen LogP contribution in [0.4, 0.5) is 0 Å². The number of benzene rings is 1. The van der Waals surface area contributed by atoms with Gasteiger partial charge in [-0.25, -0.2) is 4.98 Å². The predicted octanol–water partition coefficient (Wildman–Crippen LogP) is 2.34. The van der Waals surface area contributed by atoms with Crippen LogP contribution < -0.4 is 10.6 Å². The second-order valence-corrected chi connectivity index (χ2v) is 5.98. The Labute approximate surface area is 111 Å². The number of rotatable bonds is 4. The van der Waals surface area contributed by atoms with Crippen LogP contribution in [0.5, 0.6) is 0 Å². The maximum atomic E-state index is 4.26. The van der Waals surface area contributed by atoms with E-state index in [1.807, 2.05) is 13.1 Å². The molecule has 3 nitrogen and oxygen atoms in total. The molecule has 1 aliphatic heterocycles. The fraction of sp³-hybridized carbons (Fsp3) is 0.357. The zero-order valence-corrected chi connectivity index (χ0v) is 11.3. The SMILES string of the molecule is Cc1ncc(CNCc2ccc3c(c2)CNC3)s1. The van der Waals surface area contributed by atoms with E-state index in [2.05, 4.69) is 33.8 Å². The minimum atomic E-state index is 0.904. The third kappa shape index (κ3) is 2.61. The van der Waals surface area contributed by atoms with Crippen LogP contribution in [-0.4, -0.2) is 4.98 Å². The quantitative estimate of drug-likeness (QED) is 0.885. The molecule has 1 aromatic heterocycles. The predicted molar refractivity (Wildman–Crippen MR) is 74.4 cm³/mol. The van der Waals surface area contributed by atoms with E-state index in [0.29, 0.717) is 0 Å². The van der Waals surface area contributed by atoms with Gasteiger partial charge in [-0.3, -0.25) is 0 Å². The third-order valence-corrected chi connectivity index (χ3v) is 4.11. The van der Waals surface area contributed by atoms with Gasteiger partial charge in [0.2, 0.25) is 0 Å². The molecule has 0 fully saturated rings. The summed E-state index contributed by atoms with van der Waals surface area (Å²) in [5.41, 5.74) is 4.25. The highest BCUT2D eigenvalue weighted by molar-refractivity contribution is 7.11. The van der Waals surface area contributed by atoms with Gasteiger partial charge in [-0.2, -0.15) is 0 Å². The van der Waals surface area contributed by atoms with E-state index in [1.165, 1.54) is 21.6 Å². The number of aryl methyl sites for hydroxylation is 1. The average Bonchev–Trinajstić information content (AvgIpc) is 2.97. The Morgan fingerprint density at radius 1 is 1.28 bits per heavy atom. The molecule has 0 unspecified atom stereocenters. The fourth-order valence-corrected chi connectivity index (χ4v) is 3.04. The van der Waals surface area contributed by atoms with Crippen molar-refractivity contribution in [3.63, 3.8) is 0 Å². The molecular formula is C14H17N3S. The Morgan fingerprint density at radius 3 is 3.00 bits per heavy atom. The minimum Gasteiger partial charge on any atom is -0.309 e. The van der Waals surface area contributed by atoms with Crippen molar-refractivity contribution < 1.29 is 0 Å². The van der Waals surface area contributed by atoms with E-state index >= 15 is 0 Å². The molecule has 1 aromatic carbocycles. The smallest absolute Gasteiger partial charge is 0.0897 e. The number of nitrogens with zero attached hydrogens (tertiary/aromatic N) is 1. The zero-order chi connectivity index (χ0) is 12.4. The second-order valence-electron chi connectivity index (χ2n) is 4.66. The zero-order valence-electron chi connectivity index (χ0n) is 10.5. The molecule has 18 heavy (non-hydrogen) atoms. The molecule has 0 aliphatic carbocycles. The molecule has 0 atom stereocenters. The average molecular weight is 259 g/mol. The molecule has 0 saturated heterocycles. The summed E-state index contributed by atoms with van der Waals surface area (Å²) >= 11 is 1.76. The van der Waals surface area contributed by atoms with Gasteiger partial charge < -0.3 is 10.6 Å². The molecule has 94 valence electrons. The molecule has 0 radical (unpaired) electrons. The van der Waals surface area contributed by atoms with Crippen molar-refractivity contribution in [3.05, 3.63) is 51.0 Å². The first-order valence-corrected chi connectivity index (χ1v) is 7.06. The van der Waals surface area contributed by atoms with Gasteiger partial charge in [-0.15, -0.1) is 11.3 Å². The molecule has 0 bridgehead atoms. The van der Waals surface area contributed by atoms with Gasteiger partial charge in [-0.1, -0.05) is 18.2 Å². The maximum absolute atomic E-state index is 4.26. The number of aromatic nitrogens is 1. The van der Waals surface area contributed by atoms with Crippen LogP contribution in [-0.2, 0) is 26.2 Å². The third-order valence-electron chi connectivity index (χ3n) is 3.20. The molecule has 0 amide bonds. The molecule has 0 saturated carbocycles. The number of nitrogens with one attached hydrogen (secondary N) is 2. The first-order chi connectivity index (χ1) is 8.81. The molecule has 2 N–H and O–H groups in total. The molecule has 4 heteroatoms. The summed E-state index contributed by atoms with van der Waals surface area (Å²) in [5, 5.41) is 7.98. The van der Waals surface area contributed by atoms with Crippen LogP contribution in [0.3, 0.4) is 0 Å². The lowest BCUT2D eigenvalue weighted by Crippen LogP contribution is -2.11. The Morgan fingerprint density at radius 2 is 2.17 bits per heavy atom. The summed E-state index contributed by atoms with van der Waals surface area (Å²) in [6, 6.07) is 6.76. The Balaban J connectivity index is 1.57. The summed E-state index contributed by atoms with van der Waals surface area (Å²) in [4.78, 5) is 5.56. The van der Waals surface area contributed by atoms with Gasteiger partial charge in [0, 0.05) is 37.3 Å². The van der Waals surface area contributed by atoms with Crippen LogP contribution in [0.25, 0.3) is 0 Å². The lowest BCUT2D eigenvalue weighted by Gasteiger charge is -2.05. The van der Waals surface area contributed by atoms with Gasteiger partial charge in [0.05, 0.1) is 5.01 Å². The van der Waals surface area contributed by atoms with Crippen LogP contribution in [0.15, 0.2) is 24.4 Å². The van der Waals surface area contributed by atoms with E-state index in [0.717, 1.165) is 31.2 Å². The normalized spacial score (nSPS) is 13.8. The van der Waals surface area contributed by atoms with Crippen LogP contribution >= 0.6 is 11.3 Å². The van der Waals surface area contributed by atoms with Crippen molar-refractivity contribution in [1.82, 2.24) is 15.6 Å². The number of hydrogen-bond donors (Lipinski definition) is 2. The van der Waals surface area contributed by atoms with E-state index in [1.54, 1.807) is 11.3 Å². The molecule has 1 aliphatic rings. The lowest BCUT2D eigenvalue weighted by atomic mass is 10.1. The van der Waals surface area contributed by atoms with Crippen molar-refractivity contribution in [1.29, 1.82) is 0 Å². The summed E-state index contributed by atoms with van der Waals surface area (Å²) < 4.78 is 0. The highest BCUT2D eigenvalue weighted by atomic mass is 32.1. The van der Waals surface area contributed by atoms with Crippen molar-refractivity contribution in [2.75, 3.05) is 0 Å². The second kappa shape index (κ2) is 5.18. The van der Waals surface area contributed by atoms with Gasteiger partial charge in [0.25, 0.3) is 0 Å². The molecule has 2 aromatic rings. The molecule has 3 rings (SSSR count). The van der Waals surface area contributed by atoms with Crippen LogP contribution in [0.2, 0.25) is 0 Å². The molecule has 0 spiro atoms. The van der Waals surface area contributed by atoms with Gasteiger partial charge >= 0.3 is 0 Å². The number of thiazole rings is 1. The van der Waals surface area contributed by atoms with Crippen LogP contribution in [0, 0.1) is 6.92 Å². The summed E-state index contributed by atoms with van der Waals surface area (Å²) in [6.07, 6.45) is 1.96. The summed E-state index contributed by atoms with van der Waals surface area (Å²) in [6.45, 7) is 5.90. The van der Waals surface area contributed by atoms with Gasteiger partial charge in [0.15, 0.2) is 0 Å². The standard InChI is InChI=1S/C14H17N3S/c1-10-17-9-14(18-10)8-15-5-11-2-3-12-6-16-7-13(12)4-11/h2-4,9,15-16H,5-8H2,1H3. The van der Waals surface area contributed by atoms with Gasteiger partial charge in [0.1, 0.15) is 0 Å². The van der Waals surface area contributed by atoms with Crippen LogP contribution in [0.1, 0.15) is 26.6 Å². The van der Waals surface area contributed by atoms with Crippen molar-refractivity contribution in [3.8, 4) is 0 Å². The Hall–Kier alpha value is -1.23. The first-order valence-electron chi connectivity index (χ1n) is 6.25. The molecular weight excluding hydrogens is 242 g/mol. The van der Waals surface area contributed by atoms with E-state index < -0.39 is 0 Å². The highest BCUT2D eigenvalue weighted by Gasteiger charge is 2.09. The minimum absolute atomic E-state index is 0.904. The van der Waals surface area contributed by atoms with E-state index in [9.17, 15) is 0 Å². The lowest BCUT2D eigenvalue weighted by molar-refractivity contribution is 0.699. The fourth-order valence-electron chi connectivity index (χ4n) is 2.28. The van der Waals surface area contributed by atoms with Crippen molar-refractivity contribution >= 4 is 11.3 Å². The topological polar surface area (TPSA) is 37.0 Å². The largest absolute Gasteiger partial charge is 0.309 e. The van der Waals surface area contributed by atoms with Gasteiger partial charge in [-0.05, 0) is 23.6 Å². The highest BCUT2D eigenvalue weighted by Crippen LogP contribution is 2.17. The molecule has 2 heterocycles. The number of hydrogen-bond acceptors (Lipinski definition) is 4. The number of fused-ring (bicyclic) bond motifs is 1. The van der Waals surface area contributed by atoms with Crippen molar-refractivity contribution in [2.24, 2.45) is 0 Å². The van der Waals surface area contributed by atoms with Crippen molar-refractivity contribution in [2.45, 2.75) is 33.1 Å². The Bertz CT molecular complexity index is 548. The maximum Gasteiger partial charge on any atom is 0.0897 e. The first kappa shape index (κ1) is 11.8. The van der Waals surface area contributed by atoms with E-state index in [-0.39, 0.29) is 0 Å². The summed E-state index contributed by atoms with van der Waals surface area (Å²) in [5.74, 6) is 0.